The predicted molar refractivity (Wildman–Crippen MR) is 134 cm³/mol. The number of carbonyl (C=O) groups is 1. The molecule has 0 saturated heterocycles. The number of ether oxygens (including phenoxy) is 1. The van der Waals surface area contributed by atoms with Gasteiger partial charge >= 0.3 is 5.97 Å². The minimum Gasteiger partial charge on any atom is -0.462 e. The van der Waals surface area contributed by atoms with Gasteiger partial charge in [0.15, 0.2) is 0 Å². The minimum atomic E-state index is -1.05. The Hall–Kier alpha value is -1.73. The lowest BCUT2D eigenvalue weighted by Gasteiger charge is -2.28. The van der Waals surface area contributed by atoms with Crippen LogP contribution < -0.4 is 0 Å². The average Bonchev–Trinajstić information content (AvgIpc) is 2.75. The van der Waals surface area contributed by atoms with E-state index in [-0.39, 0.29) is 31.1 Å². The van der Waals surface area contributed by atoms with Gasteiger partial charge in [-0.25, -0.2) is 0 Å². The van der Waals surface area contributed by atoms with E-state index in [1.165, 1.54) is 0 Å². The molecule has 0 fully saturated rings. The van der Waals surface area contributed by atoms with Crippen LogP contribution in [0, 0.1) is 11.8 Å². The fourth-order valence-corrected chi connectivity index (χ4v) is 3.29. The molecular weight excluding hydrogens is 420 g/mol. The van der Waals surface area contributed by atoms with Gasteiger partial charge in [0.2, 0.25) is 0 Å². The Kier molecular flexibility index (Phi) is 17.7. The Morgan fingerprint density at radius 1 is 0.848 bits per heavy atom. The van der Waals surface area contributed by atoms with Crippen molar-refractivity contribution in [3.63, 3.8) is 0 Å². The molecule has 0 aliphatic rings. The molecule has 0 unspecified atom stereocenters. The van der Waals surface area contributed by atoms with Crippen molar-refractivity contribution in [1.82, 2.24) is 0 Å². The van der Waals surface area contributed by atoms with E-state index in [4.69, 9.17) is 4.74 Å². The maximum Gasteiger partial charge on any atom is 0.308 e. The van der Waals surface area contributed by atoms with Crippen LogP contribution in [0.2, 0.25) is 0 Å². The third kappa shape index (κ3) is 15.7. The van der Waals surface area contributed by atoms with Crippen LogP contribution in [-0.4, -0.2) is 56.9 Å². The first kappa shape index (κ1) is 31.3. The van der Waals surface area contributed by atoms with Crippen LogP contribution in [0.5, 0.6) is 0 Å². The third-order valence-electron chi connectivity index (χ3n) is 5.70. The first-order valence-corrected chi connectivity index (χ1v) is 12.1. The molecule has 33 heavy (non-hydrogen) atoms. The molecule has 0 aliphatic heterocycles. The molecule has 7 atom stereocenters. The number of carbonyl (C=O) groups excluding carboxylic acids is 1. The van der Waals surface area contributed by atoms with Crippen molar-refractivity contribution in [2.24, 2.45) is 11.8 Å². The topological polar surface area (TPSA) is 107 Å². The molecule has 0 saturated carbocycles. The van der Waals surface area contributed by atoms with Crippen LogP contribution in [0.4, 0.5) is 0 Å². The Morgan fingerprint density at radius 3 is 2.00 bits per heavy atom. The van der Waals surface area contributed by atoms with Gasteiger partial charge in [-0.05, 0) is 46.0 Å². The van der Waals surface area contributed by atoms with Crippen LogP contribution in [0.15, 0.2) is 48.6 Å². The Balaban J connectivity index is 4.40. The SMILES string of the molecule is CC=CC=CCCC=CC=C[C@H](C)[C@@H](O)[C@@H](C)[C@H](C)OC(=O)C[C@H](O)C[C@H](O)C[C@H](O)CC. The normalized spacial score (nSPS) is 19.2. The Bertz CT molecular complexity index is 624. The summed E-state index contributed by atoms with van der Waals surface area (Å²) in [4.78, 5) is 12.1. The van der Waals surface area contributed by atoms with E-state index < -0.39 is 36.5 Å². The fourth-order valence-electron chi connectivity index (χ4n) is 3.29. The number of unbranched alkanes of at least 4 members (excludes halogenated alkanes) is 1. The summed E-state index contributed by atoms with van der Waals surface area (Å²) in [5.74, 6) is -0.991. The lowest BCUT2D eigenvalue weighted by molar-refractivity contribution is -0.155. The largest absolute Gasteiger partial charge is 0.462 e. The highest BCUT2D eigenvalue weighted by molar-refractivity contribution is 5.70. The standard InChI is InChI=1S/C27H46O6/c1-6-8-9-10-11-12-13-14-15-16-20(3)27(32)21(4)22(5)33-26(31)19-25(30)18-24(29)17-23(28)7-2/h6,8-10,13-16,20-25,27-30,32H,7,11-12,17-19H2,1-5H3/t20-,21-,22-,23+,24+,25+,27+/m0/s1. The van der Waals surface area contributed by atoms with Crippen LogP contribution in [0.25, 0.3) is 0 Å². The molecule has 0 rings (SSSR count). The van der Waals surface area contributed by atoms with Gasteiger partial charge in [-0.15, -0.1) is 0 Å². The Morgan fingerprint density at radius 2 is 1.42 bits per heavy atom. The van der Waals surface area contributed by atoms with Gasteiger partial charge in [-0.3, -0.25) is 4.79 Å². The van der Waals surface area contributed by atoms with Gasteiger partial charge in [-0.1, -0.05) is 69.4 Å². The second-order valence-electron chi connectivity index (χ2n) is 8.79. The van der Waals surface area contributed by atoms with E-state index in [1.54, 1.807) is 6.92 Å². The van der Waals surface area contributed by atoms with Gasteiger partial charge in [-0.2, -0.15) is 0 Å². The molecule has 6 nitrogen and oxygen atoms in total. The van der Waals surface area contributed by atoms with E-state index >= 15 is 0 Å². The van der Waals surface area contributed by atoms with Gasteiger partial charge < -0.3 is 25.2 Å². The van der Waals surface area contributed by atoms with E-state index in [9.17, 15) is 25.2 Å². The minimum absolute atomic E-state index is 0.000141. The molecule has 190 valence electrons. The lowest BCUT2D eigenvalue weighted by atomic mass is 9.89. The fraction of sp³-hybridized carbons (Fsp3) is 0.667. The second kappa shape index (κ2) is 18.7. The summed E-state index contributed by atoms with van der Waals surface area (Å²) in [6.45, 7) is 9.25. The molecule has 0 bridgehead atoms. The van der Waals surface area contributed by atoms with Crippen LogP contribution in [0.3, 0.4) is 0 Å². The van der Waals surface area contributed by atoms with Crippen LogP contribution in [0.1, 0.15) is 73.1 Å². The van der Waals surface area contributed by atoms with Crippen molar-refractivity contribution in [2.75, 3.05) is 0 Å². The Labute approximate surface area is 200 Å². The van der Waals surface area contributed by atoms with Crippen molar-refractivity contribution in [1.29, 1.82) is 0 Å². The summed E-state index contributed by atoms with van der Waals surface area (Å²) in [5, 5.41) is 40.1. The number of hydrogen-bond acceptors (Lipinski definition) is 6. The van der Waals surface area contributed by atoms with E-state index in [1.807, 2.05) is 64.2 Å². The van der Waals surface area contributed by atoms with E-state index in [0.29, 0.717) is 6.42 Å². The molecule has 0 aromatic rings. The van der Waals surface area contributed by atoms with Crippen molar-refractivity contribution in [2.45, 2.75) is 104 Å². The van der Waals surface area contributed by atoms with Crippen LogP contribution in [-0.2, 0) is 9.53 Å². The summed E-state index contributed by atoms with van der Waals surface area (Å²) >= 11 is 0. The van der Waals surface area contributed by atoms with Gasteiger partial charge in [0.05, 0.1) is 30.8 Å². The van der Waals surface area contributed by atoms with Crippen molar-refractivity contribution in [3.8, 4) is 0 Å². The first-order chi connectivity index (χ1) is 15.6. The number of rotatable bonds is 17. The summed E-state index contributed by atoms with van der Waals surface area (Å²) in [6, 6.07) is 0. The van der Waals surface area contributed by atoms with Crippen molar-refractivity contribution in [3.05, 3.63) is 48.6 Å². The quantitative estimate of drug-likeness (QED) is 0.145. The maximum atomic E-state index is 12.1. The zero-order valence-electron chi connectivity index (χ0n) is 21.0. The van der Waals surface area contributed by atoms with E-state index in [0.717, 1.165) is 12.8 Å². The smallest absolute Gasteiger partial charge is 0.308 e. The number of allylic oxidation sites excluding steroid dienone is 7. The number of aliphatic hydroxyl groups excluding tert-OH is 4. The molecule has 0 aromatic carbocycles. The van der Waals surface area contributed by atoms with Crippen molar-refractivity contribution < 1.29 is 30.0 Å². The second-order valence-corrected chi connectivity index (χ2v) is 8.79. The molecule has 0 spiro atoms. The average molecular weight is 467 g/mol. The zero-order valence-corrected chi connectivity index (χ0v) is 21.0. The van der Waals surface area contributed by atoms with Gasteiger partial charge in [0, 0.05) is 11.8 Å². The number of esters is 1. The molecule has 0 amide bonds. The summed E-state index contributed by atoms with van der Waals surface area (Å²) in [6.07, 6.45) is 14.6. The van der Waals surface area contributed by atoms with Gasteiger partial charge in [0.25, 0.3) is 0 Å². The molecule has 6 heteroatoms. The lowest BCUT2D eigenvalue weighted by Crippen LogP contribution is -2.35. The molecule has 0 heterocycles. The molecule has 4 N–H and O–H groups in total. The highest BCUT2D eigenvalue weighted by Gasteiger charge is 2.28. The predicted octanol–water partition coefficient (Wildman–Crippen LogP) is 4.24. The zero-order chi connectivity index (χ0) is 25.2. The first-order valence-electron chi connectivity index (χ1n) is 12.1. The molecule has 0 aromatic heterocycles. The van der Waals surface area contributed by atoms with E-state index in [2.05, 4.69) is 12.2 Å². The summed E-state index contributed by atoms with van der Waals surface area (Å²) in [5.41, 5.74) is 0. The van der Waals surface area contributed by atoms with Crippen LogP contribution >= 0.6 is 0 Å². The third-order valence-corrected chi connectivity index (χ3v) is 5.70. The van der Waals surface area contributed by atoms with Crippen molar-refractivity contribution >= 4 is 5.97 Å². The highest BCUT2D eigenvalue weighted by Crippen LogP contribution is 2.21. The summed E-state index contributed by atoms with van der Waals surface area (Å²) in [7, 11) is 0. The number of hydrogen-bond donors (Lipinski definition) is 4. The molecule has 0 aliphatic carbocycles. The maximum absolute atomic E-state index is 12.1. The number of aliphatic hydroxyl groups is 4. The molecular formula is C27H46O6. The van der Waals surface area contributed by atoms with Gasteiger partial charge in [0.1, 0.15) is 6.10 Å². The molecule has 0 radical (unpaired) electrons. The highest BCUT2D eigenvalue weighted by atomic mass is 16.5. The summed E-state index contributed by atoms with van der Waals surface area (Å²) < 4.78 is 5.40. The monoisotopic (exact) mass is 466 g/mol.